The molecule has 2 saturated carbocycles. The van der Waals surface area contributed by atoms with Gasteiger partial charge in [0.2, 0.25) is 5.92 Å². The summed E-state index contributed by atoms with van der Waals surface area (Å²) in [5.41, 5.74) is 6.69. The number of amidine groups is 1. The largest absolute Gasteiger partial charge is 0.316 e. The van der Waals surface area contributed by atoms with Gasteiger partial charge in [0, 0.05) is 37.8 Å². The van der Waals surface area contributed by atoms with Crippen molar-refractivity contribution in [2.75, 3.05) is 13.1 Å². The van der Waals surface area contributed by atoms with E-state index in [9.17, 15) is 8.78 Å². The summed E-state index contributed by atoms with van der Waals surface area (Å²) in [5.74, 6) is -0.967. The van der Waals surface area contributed by atoms with Gasteiger partial charge in [-0.3, -0.25) is 4.99 Å². The molecule has 100 valence electrons. The molecule has 1 atom stereocenters. The van der Waals surface area contributed by atoms with E-state index in [1.165, 1.54) is 12.8 Å². The van der Waals surface area contributed by atoms with Crippen LogP contribution in [-0.2, 0) is 0 Å². The molecule has 0 radical (unpaired) electrons. The van der Waals surface area contributed by atoms with Crippen molar-refractivity contribution in [2.24, 2.45) is 22.2 Å². The van der Waals surface area contributed by atoms with Crippen molar-refractivity contribution in [3.63, 3.8) is 0 Å². The van der Waals surface area contributed by atoms with Crippen LogP contribution >= 0.6 is 0 Å². The van der Waals surface area contributed by atoms with Crippen LogP contribution in [-0.4, -0.2) is 31.0 Å². The van der Waals surface area contributed by atoms with E-state index in [2.05, 4.69) is 21.2 Å². The molecular formula is C12H18F2N4. The first kappa shape index (κ1) is 11.1. The molecule has 3 fully saturated rings. The zero-order valence-electron chi connectivity index (χ0n) is 10.2. The normalized spacial score (nSPS) is 40.4. The molecule has 0 aromatic carbocycles. The summed E-state index contributed by atoms with van der Waals surface area (Å²) < 4.78 is 25.7. The van der Waals surface area contributed by atoms with Gasteiger partial charge in [0.25, 0.3) is 0 Å². The average molecular weight is 256 g/mol. The number of hydrazine groups is 1. The van der Waals surface area contributed by atoms with Crippen molar-refractivity contribution < 1.29 is 8.78 Å². The van der Waals surface area contributed by atoms with Crippen LogP contribution in [0.4, 0.5) is 8.78 Å². The predicted octanol–water partition coefficient (Wildman–Crippen LogP) is 0.864. The fraction of sp³-hybridized carbons (Fsp3) is 0.917. The van der Waals surface area contributed by atoms with Gasteiger partial charge in [-0.05, 0) is 18.3 Å². The fourth-order valence-corrected chi connectivity index (χ4v) is 3.67. The SMILES string of the molecule is FC1(F)CC(C2N=C(C3CC4(CNC4)C3)NN2)C1. The van der Waals surface area contributed by atoms with Crippen molar-refractivity contribution in [3.8, 4) is 0 Å². The average Bonchev–Trinajstić information content (AvgIpc) is 2.58. The lowest BCUT2D eigenvalue weighted by Gasteiger charge is -2.54. The Morgan fingerprint density at radius 2 is 1.83 bits per heavy atom. The van der Waals surface area contributed by atoms with Gasteiger partial charge in [0.1, 0.15) is 12.0 Å². The summed E-state index contributed by atoms with van der Waals surface area (Å²) in [6, 6.07) is 0. The van der Waals surface area contributed by atoms with E-state index in [1.807, 2.05) is 0 Å². The summed E-state index contributed by atoms with van der Waals surface area (Å²) in [7, 11) is 0. The Labute approximate surface area is 105 Å². The number of nitrogens with zero attached hydrogens (tertiary/aromatic N) is 1. The van der Waals surface area contributed by atoms with Crippen LogP contribution in [0.5, 0.6) is 0 Å². The molecule has 1 spiro atoms. The lowest BCUT2D eigenvalue weighted by Crippen LogP contribution is -2.62. The highest BCUT2D eigenvalue weighted by atomic mass is 19.3. The van der Waals surface area contributed by atoms with Gasteiger partial charge >= 0.3 is 0 Å². The van der Waals surface area contributed by atoms with E-state index in [-0.39, 0.29) is 24.9 Å². The zero-order valence-corrected chi connectivity index (χ0v) is 10.2. The van der Waals surface area contributed by atoms with E-state index in [0.717, 1.165) is 18.9 Å². The summed E-state index contributed by atoms with van der Waals surface area (Å²) in [4.78, 5) is 4.56. The molecule has 2 aliphatic carbocycles. The van der Waals surface area contributed by atoms with E-state index >= 15 is 0 Å². The third kappa shape index (κ3) is 1.58. The Morgan fingerprint density at radius 1 is 1.11 bits per heavy atom. The second-order valence-electron chi connectivity index (χ2n) is 6.46. The minimum Gasteiger partial charge on any atom is -0.316 e. The summed E-state index contributed by atoms with van der Waals surface area (Å²) in [6.07, 6.45) is 2.17. The molecule has 18 heavy (non-hydrogen) atoms. The topological polar surface area (TPSA) is 48.5 Å². The minimum atomic E-state index is -2.46. The highest BCUT2D eigenvalue weighted by Crippen LogP contribution is 2.49. The quantitative estimate of drug-likeness (QED) is 0.687. The number of alkyl halides is 2. The summed E-state index contributed by atoms with van der Waals surface area (Å²) >= 11 is 0. The maximum atomic E-state index is 12.8. The monoisotopic (exact) mass is 256 g/mol. The smallest absolute Gasteiger partial charge is 0.249 e. The van der Waals surface area contributed by atoms with Gasteiger partial charge in [-0.1, -0.05) is 0 Å². The molecule has 0 bridgehead atoms. The molecule has 0 aromatic heterocycles. The van der Waals surface area contributed by atoms with E-state index in [0.29, 0.717) is 11.3 Å². The molecule has 1 saturated heterocycles. The van der Waals surface area contributed by atoms with Gasteiger partial charge < -0.3 is 10.7 Å². The fourth-order valence-electron chi connectivity index (χ4n) is 3.67. The Kier molecular flexibility index (Phi) is 2.11. The van der Waals surface area contributed by atoms with Gasteiger partial charge in [0.05, 0.1) is 0 Å². The van der Waals surface area contributed by atoms with Gasteiger partial charge in [0.15, 0.2) is 0 Å². The highest BCUT2D eigenvalue weighted by molar-refractivity contribution is 5.86. The Balaban J connectivity index is 1.34. The van der Waals surface area contributed by atoms with E-state index in [4.69, 9.17) is 0 Å². The standard InChI is InChI=1S/C12H18F2N4/c13-12(14)3-8(4-12)10-16-9(17-18-10)7-1-11(2-7)5-15-6-11/h7-8,10,15,18H,1-6H2,(H,16,17). The first-order valence-electron chi connectivity index (χ1n) is 6.73. The molecular weight excluding hydrogens is 238 g/mol. The van der Waals surface area contributed by atoms with Crippen LogP contribution in [0.3, 0.4) is 0 Å². The molecule has 6 heteroatoms. The van der Waals surface area contributed by atoms with Crippen LogP contribution in [0.15, 0.2) is 4.99 Å². The van der Waals surface area contributed by atoms with Gasteiger partial charge in [-0.15, -0.1) is 0 Å². The second kappa shape index (κ2) is 3.42. The number of hydrogen-bond donors (Lipinski definition) is 3. The van der Waals surface area contributed by atoms with Crippen molar-refractivity contribution >= 4 is 5.84 Å². The number of nitrogens with one attached hydrogen (secondary N) is 3. The van der Waals surface area contributed by atoms with Crippen LogP contribution in [0.25, 0.3) is 0 Å². The van der Waals surface area contributed by atoms with Crippen LogP contribution in [0, 0.1) is 17.3 Å². The van der Waals surface area contributed by atoms with Crippen LogP contribution in [0.2, 0.25) is 0 Å². The Bertz CT molecular complexity index is 389. The Hall–Kier alpha value is -0.750. The molecule has 4 nitrogen and oxygen atoms in total. The summed E-state index contributed by atoms with van der Waals surface area (Å²) in [5, 5.41) is 3.31. The van der Waals surface area contributed by atoms with E-state index in [1.54, 1.807) is 0 Å². The van der Waals surface area contributed by atoms with Crippen molar-refractivity contribution in [2.45, 2.75) is 37.8 Å². The molecule has 2 aliphatic heterocycles. The second-order valence-corrected chi connectivity index (χ2v) is 6.46. The predicted molar refractivity (Wildman–Crippen MR) is 63.2 cm³/mol. The molecule has 1 unspecified atom stereocenters. The third-order valence-corrected chi connectivity index (χ3v) is 4.94. The molecule has 4 rings (SSSR count). The first-order chi connectivity index (χ1) is 8.55. The van der Waals surface area contributed by atoms with E-state index < -0.39 is 5.92 Å². The van der Waals surface area contributed by atoms with Crippen molar-refractivity contribution in [3.05, 3.63) is 0 Å². The first-order valence-corrected chi connectivity index (χ1v) is 6.73. The molecule has 0 aromatic rings. The van der Waals surface area contributed by atoms with Gasteiger partial charge in [-0.25, -0.2) is 14.2 Å². The number of aliphatic imine (C=N–C) groups is 1. The van der Waals surface area contributed by atoms with Crippen molar-refractivity contribution in [1.82, 2.24) is 16.2 Å². The Morgan fingerprint density at radius 3 is 2.39 bits per heavy atom. The molecule has 3 N–H and O–H groups in total. The number of rotatable bonds is 2. The van der Waals surface area contributed by atoms with Crippen molar-refractivity contribution in [1.29, 1.82) is 0 Å². The highest BCUT2D eigenvalue weighted by Gasteiger charge is 2.53. The maximum absolute atomic E-state index is 12.8. The van der Waals surface area contributed by atoms with Crippen LogP contribution in [0.1, 0.15) is 25.7 Å². The lowest BCUT2D eigenvalue weighted by atomic mass is 9.58. The minimum absolute atomic E-state index is 0.00981. The summed E-state index contributed by atoms with van der Waals surface area (Å²) in [6.45, 7) is 2.25. The number of hydrogen-bond acceptors (Lipinski definition) is 4. The lowest BCUT2D eigenvalue weighted by molar-refractivity contribution is -0.118. The zero-order chi connectivity index (χ0) is 12.4. The molecule has 0 amide bonds. The number of halogens is 2. The molecule has 2 heterocycles. The maximum Gasteiger partial charge on any atom is 0.249 e. The van der Waals surface area contributed by atoms with Gasteiger partial charge in [-0.2, -0.15) is 0 Å². The molecule has 4 aliphatic rings. The third-order valence-electron chi connectivity index (χ3n) is 4.94. The van der Waals surface area contributed by atoms with Crippen LogP contribution < -0.4 is 16.2 Å².